The molecule has 8 nitrogen and oxygen atoms in total. The van der Waals surface area contributed by atoms with Gasteiger partial charge in [0.05, 0.1) is 26.7 Å². The van der Waals surface area contributed by atoms with Gasteiger partial charge in [-0.1, -0.05) is 6.07 Å². The third-order valence-corrected chi connectivity index (χ3v) is 5.83. The van der Waals surface area contributed by atoms with Crippen LogP contribution in [0, 0.1) is 25.2 Å². The molecular formula is C25H25N3O5S. The largest absolute Gasteiger partial charge is 0.493 e. The van der Waals surface area contributed by atoms with Crippen molar-refractivity contribution >= 4 is 28.9 Å². The first-order valence-corrected chi connectivity index (χ1v) is 11.3. The maximum atomic E-state index is 12.9. The molecule has 0 saturated heterocycles. The Balaban J connectivity index is 1.70. The minimum atomic E-state index is -0.697. The van der Waals surface area contributed by atoms with Crippen LogP contribution < -0.4 is 14.4 Å². The average Bonchev–Trinajstić information content (AvgIpc) is 3.32. The molecule has 1 heterocycles. The summed E-state index contributed by atoms with van der Waals surface area (Å²) in [5.41, 5.74) is 3.52. The summed E-state index contributed by atoms with van der Waals surface area (Å²) in [5, 5.41) is 11.2. The lowest BCUT2D eigenvalue weighted by Crippen LogP contribution is -2.35. The van der Waals surface area contributed by atoms with E-state index in [2.05, 4.69) is 4.98 Å². The molecule has 34 heavy (non-hydrogen) atoms. The van der Waals surface area contributed by atoms with Crippen molar-refractivity contribution in [2.75, 3.05) is 32.3 Å². The zero-order valence-corrected chi connectivity index (χ0v) is 20.3. The summed E-state index contributed by atoms with van der Waals surface area (Å²) in [6.07, 6.45) is 0.160. The predicted molar refractivity (Wildman–Crippen MR) is 129 cm³/mol. The number of thiazole rings is 1. The quantitative estimate of drug-likeness (QED) is 0.415. The third-order valence-electron chi connectivity index (χ3n) is 4.94. The van der Waals surface area contributed by atoms with Crippen LogP contribution in [0.5, 0.6) is 11.5 Å². The van der Waals surface area contributed by atoms with Crippen LogP contribution in [0.15, 0.2) is 41.8 Å². The molecule has 3 aromatic rings. The van der Waals surface area contributed by atoms with Gasteiger partial charge >= 0.3 is 5.97 Å². The van der Waals surface area contributed by atoms with Gasteiger partial charge in [0.25, 0.3) is 5.91 Å². The number of rotatable bonds is 9. The fourth-order valence-electron chi connectivity index (χ4n) is 3.41. The Morgan fingerprint density at radius 2 is 1.76 bits per heavy atom. The van der Waals surface area contributed by atoms with E-state index in [0.29, 0.717) is 22.2 Å². The van der Waals surface area contributed by atoms with E-state index in [0.717, 1.165) is 16.7 Å². The molecule has 0 spiro atoms. The molecule has 9 heteroatoms. The smallest absolute Gasteiger partial charge is 0.358 e. The summed E-state index contributed by atoms with van der Waals surface area (Å²) >= 11 is 1.28. The molecule has 0 aliphatic carbocycles. The topological polar surface area (TPSA) is 102 Å². The minimum absolute atomic E-state index is 0.109. The molecule has 0 radical (unpaired) electrons. The lowest BCUT2D eigenvalue weighted by molar-refractivity contribution is -0.121. The SMILES string of the molecule is COc1ccc(-c2nc(C(=O)OCC(=O)N(CCC#N)c3cc(C)cc(C)c3)cs2)cc1OC. The Labute approximate surface area is 202 Å². The van der Waals surface area contributed by atoms with Crippen molar-refractivity contribution in [3.8, 4) is 28.1 Å². The standard InChI is InChI=1S/C25H25N3O5S/c1-16-10-17(2)12-19(11-16)28(9-5-8-26)23(29)14-33-25(30)20-15-34-24(27-20)18-6-7-21(31-3)22(13-18)32-4/h6-7,10-13,15H,5,9,14H2,1-4H3. The Hall–Kier alpha value is -3.90. The lowest BCUT2D eigenvalue weighted by atomic mass is 10.1. The first-order chi connectivity index (χ1) is 16.4. The van der Waals surface area contributed by atoms with Crippen molar-refractivity contribution in [2.24, 2.45) is 0 Å². The van der Waals surface area contributed by atoms with Gasteiger partial charge in [-0.05, 0) is 55.3 Å². The molecule has 0 N–H and O–H groups in total. The molecule has 0 unspecified atom stereocenters. The van der Waals surface area contributed by atoms with Gasteiger partial charge in [0.2, 0.25) is 0 Å². The molecule has 2 aromatic carbocycles. The Morgan fingerprint density at radius 3 is 2.41 bits per heavy atom. The fraction of sp³-hybridized carbons (Fsp3) is 0.280. The number of benzene rings is 2. The molecule has 1 amide bonds. The highest BCUT2D eigenvalue weighted by atomic mass is 32.1. The Bertz CT molecular complexity index is 1210. The van der Waals surface area contributed by atoms with Gasteiger partial charge in [0, 0.05) is 23.2 Å². The number of nitriles is 1. The van der Waals surface area contributed by atoms with E-state index in [1.807, 2.05) is 44.2 Å². The number of carbonyl (C=O) groups is 2. The van der Waals surface area contributed by atoms with Crippen LogP contribution in [0.1, 0.15) is 28.0 Å². The van der Waals surface area contributed by atoms with E-state index >= 15 is 0 Å². The number of ether oxygens (including phenoxy) is 3. The van der Waals surface area contributed by atoms with E-state index < -0.39 is 18.5 Å². The van der Waals surface area contributed by atoms with E-state index in [-0.39, 0.29) is 18.7 Å². The molecule has 0 saturated carbocycles. The van der Waals surface area contributed by atoms with Gasteiger partial charge in [-0.3, -0.25) is 4.79 Å². The normalized spacial score (nSPS) is 10.3. The van der Waals surface area contributed by atoms with Crippen LogP contribution in [-0.2, 0) is 9.53 Å². The second kappa shape index (κ2) is 11.3. The van der Waals surface area contributed by atoms with Crippen molar-refractivity contribution in [2.45, 2.75) is 20.3 Å². The van der Waals surface area contributed by atoms with Crippen LogP contribution in [-0.4, -0.2) is 44.2 Å². The second-order valence-corrected chi connectivity index (χ2v) is 8.34. The Kier molecular flexibility index (Phi) is 8.22. The molecule has 0 bridgehead atoms. The number of aromatic nitrogens is 1. The Morgan fingerprint density at radius 1 is 1.06 bits per heavy atom. The minimum Gasteiger partial charge on any atom is -0.493 e. The molecule has 1 aromatic heterocycles. The number of hydrogen-bond acceptors (Lipinski definition) is 8. The molecule has 0 fully saturated rings. The zero-order valence-electron chi connectivity index (χ0n) is 19.5. The van der Waals surface area contributed by atoms with Crippen LogP contribution >= 0.6 is 11.3 Å². The van der Waals surface area contributed by atoms with Crippen LogP contribution in [0.25, 0.3) is 10.6 Å². The van der Waals surface area contributed by atoms with Crippen molar-refractivity contribution in [1.29, 1.82) is 5.26 Å². The van der Waals surface area contributed by atoms with Gasteiger partial charge in [-0.25, -0.2) is 9.78 Å². The van der Waals surface area contributed by atoms with Gasteiger partial charge < -0.3 is 19.1 Å². The maximum absolute atomic E-state index is 12.9. The van der Waals surface area contributed by atoms with Crippen LogP contribution in [0.3, 0.4) is 0 Å². The predicted octanol–water partition coefficient (Wildman–Crippen LogP) is 4.55. The van der Waals surface area contributed by atoms with Gasteiger partial charge in [0.1, 0.15) is 5.01 Å². The molecule has 0 aliphatic rings. The monoisotopic (exact) mass is 479 g/mol. The summed E-state index contributed by atoms with van der Waals surface area (Å²) in [4.78, 5) is 31.2. The van der Waals surface area contributed by atoms with Crippen LogP contribution in [0.4, 0.5) is 5.69 Å². The number of hydrogen-bond donors (Lipinski definition) is 0. The van der Waals surface area contributed by atoms with Crippen molar-refractivity contribution in [3.63, 3.8) is 0 Å². The number of amides is 1. The molecule has 0 aliphatic heterocycles. The van der Waals surface area contributed by atoms with Crippen molar-refractivity contribution in [3.05, 3.63) is 58.6 Å². The lowest BCUT2D eigenvalue weighted by Gasteiger charge is -2.22. The number of anilines is 1. The van der Waals surface area contributed by atoms with Gasteiger partial charge in [-0.15, -0.1) is 11.3 Å². The van der Waals surface area contributed by atoms with E-state index in [4.69, 9.17) is 19.5 Å². The molecule has 0 atom stereocenters. The first-order valence-electron chi connectivity index (χ1n) is 10.5. The van der Waals surface area contributed by atoms with Gasteiger partial charge in [-0.2, -0.15) is 5.26 Å². The maximum Gasteiger partial charge on any atom is 0.358 e. The molecular weight excluding hydrogens is 454 g/mol. The highest BCUT2D eigenvalue weighted by molar-refractivity contribution is 7.13. The highest BCUT2D eigenvalue weighted by Gasteiger charge is 2.20. The number of carbonyl (C=O) groups excluding carboxylic acids is 2. The fourth-order valence-corrected chi connectivity index (χ4v) is 4.20. The molecule has 176 valence electrons. The van der Waals surface area contributed by atoms with E-state index in [9.17, 15) is 9.59 Å². The third kappa shape index (κ3) is 5.91. The van der Waals surface area contributed by atoms with Crippen molar-refractivity contribution in [1.82, 2.24) is 4.98 Å². The van der Waals surface area contributed by atoms with Crippen LogP contribution in [0.2, 0.25) is 0 Å². The van der Waals surface area contributed by atoms with E-state index in [1.54, 1.807) is 31.7 Å². The number of methoxy groups -OCH3 is 2. The summed E-state index contributed by atoms with van der Waals surface area (Å²) in [6.45, 7) is 3.61. The van der Waals surface area contributed by atoms with Crippen molar-refractivity contribution < 1.29 is 23.8 Å². The number of esters is 1. The average molecular weight is 480 g/mol. The summed E-state index contributed by atoms with van der Waals surface area (Å²) in [7, 11) is 3.10. The van der Waals surface area contributed by atoms with Gasteiger partial charge in [0.15, 0.2) is 23.8 Å². The second-order valence-electron chi connectivity index (χ2n) is 7.48. The number of nitrogens with zero attached hydrogens (tertiary/aromatic N) is 3. The first kappa shape index (κ1) is 24.7. The summed E-state index contributed by atoms with van der Waals surface area (Å²) in [5.74, 6) is 0.0282. The summed E-state index contributed by atoms with van der Waals surface area (Å²) in [6, 6.07) is 13.1. The molecule has 3 rings (SSSR count). The number of aryl methyl sites for hydroxylation is 2. The highest BCUT2D eigenvalue weighted by Crippen LogP contribution is 2.33. The van der Waals surface area contributed by atoms with E-state index in [1.165, 1.54) is 16.2 Å². The zero-order chi connectivity index (χ0) is 24.7. The summed E-state index contributed by atoms with van der Waals surface area (Å²) < 4.78 is 15.8.